The predicted octanol–water partition coefficient (Wildman–Crippen LogP) is 0.672. The van der Waals surface area contributed by atoms with Crippen LogP contribution in [0.3, 0.4) is 0 Å². The number of ether oxygens (including phenoxy) is 2. The van der Waals surface area contributed by atoms with Crippen LogP contribution in [-0.4, -0.2) is 56.2 Å². The largest absolute Gasteiger partial charge is 0.497 e. The topological polar surface area (TPSA) is 67.9 Å². The van der Waals surface area contributed by atoms with Crippen LogP contribution in [-0.2, 0) is 9.53 Å². The van der Waals surface area contributed by atoms with Gasteiger partial charge in [-0.1, -0.05) is 6.07 Å². The van der Waals surface area contributed by atoms with Crippen LogP contribution in [0.15, 0.2) is 24.3 Å². The van der Waals surface area contributed by atoms with Gasteiger partial charge in [0.15, 0.2) is 0 Å². The van der Waals surface area contributed by atoms with Gasteiger partial charge >= 0.3 is 0 Å². The summed E-state index contributed by atoms with van der Waals surface area (Å²) in [5.74, 6) is 0.229. The molecule has 0 spiro atoms. The molecule has 2 amide bonds. The van der Waals surface area contributed by atoms with Gasteiger partial charge in [-0.2, -0.15) is 0 Å². The Balaban J connectivity index is 1.96. The highest BCUT2D eigenvalue weighted by molar-refractivity contribution is 5.97. The summed E-state index contributed by atoms with van der Waals surface area (Å²) in [6.07, 6.45) is 0. The Bertz CT molecular complexity index is 512. The summed E-state index contributed by atoms with van der Waals surface area (Å²) in [7, 11) is 1.54. The van der Waals surface area contributed by atoms with Crippen molar-refractivity contribution in [2.45, 2.75) is 13.0 Å². The first-order valence-corrected chi connectivity index (χ1v) is 6.93. The zero-order valence-corrected chi connectivity index (χ0v) is 12.3. The molecule has 21 heavy (non-hydrogen) atoms. The molecule has 1 aliphatic rings. The molecule has 0 bridgehead atoms. The van der Waals surface area contributed by atoms with E-state index in [1.807, 2.05) is 0 Å². The van der Waals surface area contributed by atoms with Crippen molar-refractivity contribution in [2.24, 2.45) is 0 Å². The van der Waals surface area contributed by atoms with Crippen molar-refractivity contribution in [3.8, 4) is 5.75 Å². The molecule has 1 fully saturated rings. The zero-order valence-electron chi connectivity index (χ0n) is 12.3. The molecule has 6 nitrogen and oxygen atoms in total. The van der Waals surface area contributed by atoms with Gasteiger partial charge in [-0.05, 0) is 25.1 Å². The molecule has 1 N–H and O–H groups in total. The summed E-state index contributed by atoms with van der Waals surface area (Å²) in [6.45, 7) is 3.91. The summed E-state index contributed by atoms with van der Waals surface area (Å²) >= 11 is 0. The van der Waals surface area contributed by atoms with Crippen LogP contribution in [0.4, 0.5) is 0 Å². The Kier molecular flexibility index (Phi) is 5.16. The van der Waals surface area contributed by atoms with E-state index in [1.54, 1.807) is 43.2 Å². The van der Waals surface area contributed by atoms with Crippen LogP contribution in [0.25, 0.3) is 0 Å². The smallest absolute Gasteiger partial charge is 0.252 e. The minimum Gasteiger partial charge on any atom is -0.497 e. The van der Waals surface area contributed by atoms with E-state index in [9.17, 15) is 9.59 Å². The van der Waals surface area contributed by atoms with Crippen molar-refractivity contribution >= 4 is 11.8 Å². The van der Waals surface area contributed by atoms with Crippen LogP contribution >= 0.6 is 0 Å². The van der Waals surface area contributed by atoms with Gasteiger partial charge in [0, 0.05) is 18.7 Å². The average molecular weight is 292 g/mol. The summed E-state index contributed by atoms with van der Waals surface area (Å²) in [4.78, 5) is 26.1. The number of hydrogen-bond acceptors (Lipinski definition) is 4. The SMILES string of the molecule is COc1cccc(C(=O)NC(C)C(=O)N2CCOCC2)c1. The summed E-state index contributed by atoms with van der Waals surface area (Å²) in [5, 5.41) is 2.72. The highest BCUT2D eigenvalue weighted by Gasteiger charge is 2.24. The third kappa shape index (κ3) is 3.95. The van der Waals surface area contributed by atoms with Crippen molar-refractivity contribution in [2.75, 3.05) is 33.4 Å². The van der Waals surface area contributed by atoms with Crippen molar-refractivity contribution in [3.63, 3.8) is 0 Å². The van der Waals surface area contributed by atoms with E-state index < -0.39 is 6.04 Å². The second-order valence-corrected chi connectivity index (χ2v) is 4.86. The Morgan fingerprint density at radius 2 is 2.05 bits per heavy atom. The van der Waals surface area contributed by atoms with E-state index in [0.29, 0.717) is 37.6 Å². The molecule has 0 saturated carbocycles. The number of amides is 2. The minimum absolute atomic E-state index is 0.0884. The monoisotopic (exact) mass is 292 g/mol. The number of carbonyl (C=O) groups excluding carboxylic acids is 2. The Morgan fingerprint density at radius 3 is 2.71 bits per heavy atom. The van der Waals surface area contributed by atoms with Crippen molar-refractivity contribution in [1.82, 2.24) is 10.2 Å². The van der Waals surface area contributed by atoms with Crippen LogP contribution in [0.2, 0.25) is 0 Å². The molecule has 6 heteroatoms. The molecule has 1 atom stereocenters. The maximum Gasteiger partial charge on any atom is 0.252 e. The molecule has 114 valence electrons. The minimum atomic E-state index is -0.568. The van der Waals surface area contributed by atoms with Gasteiger partial charge in [0.05, 0.1) is 20.3 Å². The van der Waals surface area contributed by atoms with E-state index in [0.717, 1.165) is 0 Å². The number of hydrogen-bond donors (Lipinski definition) is 1. The maximum atomic E-state index is 12.2. The first kappa shape index (κ1) is 15.3. The highest BCUT2D eigenvalue weighted by Crippen LogP contribution is 2.12. The Hall–Kier alpha value is -2.08. The van der Waals surface area contributed by atoms with Crippen LogP contribution < -0.4 is 10.1 Å². The maximum absolute atomic E-state index is 12.2. The second-order valence-electron chi connectivity index (χ2n) is 4.86. The lowest BCUT2D eigenvalue weighted by molar-refractivity contribution is -0.136. The van der Waals surface area contributed by atoms with E-state index in [2.05, 4.69) is 5.32 Å². The van der Waals surface area contributed by atoms with Gasteiger partial charge in [-0.25, -0.2) is 0 Å². The van der Waals surface area contributed by atoms with Crippen molar-refractivity contribution in [1.29, 1.82) is 0 Å². The summed E-state index contributed by atoms with van der Waals surface area (Å²) in [5.41, 5.74) is 0.468. The molecule has 1 aliphatic heterocycles. The summed E-state index contributed by atoms with van der Waals surface area (Å²) in [6, 6.07) is 6.26. The fraction of sp³-hybridized carbons (Fsp3) is 0.467. The van der Waals surface area contributed by atoms with E-state index in [1.165, 1.54) is 0 Å². The van der Waals surface area contributed by atoms with E-state index in [-0.39, 0.29) is 11.8 Å². The molecule has 1 aromatic carbocycles. The molecule has 1 unspecified atom stereocenters. The van der Waals surface area contributed by atoms with E-state index in [4.69, 9.17) is 9.47 Å². The predicted molar refractivity (Wildman–Crippen MR) is 77.3 cm³/mol. The molecular weight excluding hydrogens is 272 g/mol. The molecular formula is C15H20N2O4. The Morgan fingerprint density at radius 1 is 1.33 bits per heavy atom. The third-order valence-corrected chi connectivity index (χ3v) is 3.37. The van der Waals surface area contributed by atoms with Gasteiger partial charge < -0.3 is 19.7 Å². The fourth-order valence-electron chi connectivity index (χ4n) is 2.16. The van der Waals surface area contributed by atoms with Crippen molar-refractivity contribution < 1.29 is 19.1 Å². The average Bonchev–Trinajstić information content (AvgIpc) is 2.54. The van der Waals surface area contributed by atoms with Gasteiger partial charge in [0.2, 0.25) is 5.91 Å². The molecule has 1 heterocycles. The van der Waals surface area contributed by atoms with Gasteiger partial charge in [-0.3, -0.25) is 9.59 Å². The van der Waals surface area contributed by atoms with Crippen LogP contribution in [0, 0.1) is 0 Å². The fourth-order valence-corrected chi connectivity index (χ4v) is 2.16. The first-order valence-electron chi connectivity index (χ1n) is 6.93. The van der Waals surface area contributed by atoms with Gasteiger partial charge in [-0.15, -0.1) is 0 Å². The first-order chi connectivity index (χ1) is 10.1. The normalized spacial score (nSPS) is 16.2. The number of nitrogens with one attached hydrogen (secondary N) is 1. The number of carbonyl (C=O) groups is 2. The molecule has 1 saturated heterocycles. The highest BCUT2D eigenvalue weighted by atomic mass is 16.5. The number of benzene rings is 1. The molecule has 0 aromatic heterocycles. The lowest BCUT2D eigenvalue weighted by Gasteiger charge is -2.29. The second kappa shape index (κ2) is 7.08. The lowest BCUT2D eigenvalue weighted by atomic mass is 10.2. The van der Waals surface area contributed by atoms with Crippen LogP contribution in [0.5, 0.6) is 5.75 Å². The number of methoxy groups -OCH3 is 1. The standard InChI is InChI=1S/C15H20N2O4/c1-11(15(19)17-6-8-21-9-7-17)16-14(18)12-4-3-5-13(10-12)20-2/h3-5,10-11H,6-9H2,1-2H3,(H,16,18). The Labute approximate surface area is 124 Å². The lowest BCUT2D eigenvalue weighted by Crippen LogP contribution is -2.50. The summed E-state index contributed by atoms with van der Waals surface area (Å²) < 4.78 is 10.3. The zero-order chi connectivity index (χ0) is 15.2. The number of rotatable bonds is 4. The number of morpholine rings is 1. The molecule has 0 radical (unpaired) electrons. The van der Waals surface area contributed by atoms with E-state index >= 15 is 0 Å². The van der Waals surface area contributed by atoms with Gasteiger partial charge in [0.1, 0.15) is 11.8 Å². The van der Waals surface area contributed by atoms with Crippen LogP contribution in [0.1, 0.15) is 17.3 Å². The van der Waals surface area contributed by atoms with Crippen molar-refractivity contribution in [3.05, 3.63) is 29.8 Å². The third-order valence-electron chi connectivity index (χ3n) is 3.37. The number of nitrogens with zero attached hydrogens (tertiary/aromatic N) is 1. The van der Waals surface area contributed by atoms with Gasteiger partial charge in [0.25, 0.3) is 5.91 Å². The molecule has 1 aromatic rings. The quantitative estimate of drug-likeness (QED) is 0.886. The molecule has 0 aliphatic carbocycles. The molecule has 2 rings (SSSR count).